The summed E-state index contributed by atoms with van der Waals surface area (Å²) in [5.74, 6) is -1.63. The second-order valence-corrected chi connectivity index (χ2v) is 6.11. The molecule has 4 atom stereocenters. The molecule has 3 fully saturated rings. The van der Waals surface area contributed by atoms with Crippen molar-refractivity contribution in [2.75, 3.05) is 0 Å². The molecule has 0 bridgehead atoms. The van der Waals surface area contributed by atoms with Gasteiger partial charge in [0.1, 0.15) is 36.6 Å². The first-order chi connectivity index (χ1) is 8.20. The van der Waals surface area contributed by atoms with Crippen molar-refractivity contribution >= 4 is 0 Å². The molecule has 0 aromatic carbocycles. The predicted octanol–water partition coefficient (Wildman–Crippen LogP) is -0.238. The topological polar surface area (TPSA) is 77.4 Å². The molecule has 2 heterocycles. The zero-order chi connectivity index (χ0) is 13.3. The molecular weight excluding hydrogens is 240 g/mol. The molecule has 0 aromatic heterocycles. The minimum Gasteiger partial charge on any atom is -0.387 e. The van der Waals surface area contributed by atoms with Crippen LogP contribution >= 0.6 is 0 Å². The smallest absolute Gasteiger partial charge is 0.164 e. The molecule has 1 saturated carbocycles. The Bertz CT molecular complexity index is 292. The van der Waals surface area contributed by atoms with Crippen molar-refractivity contribution in [2.45, 2.75) is 75.9 Å². The van der Waals surface area contributed by atoms with Gasteiger partial charge in [-0.15, -0.1) is 0 Å². The molecule has 0 spiro atoms. The number of ether oxygens (including phenoxy) is 4. The highest BCUT2D eigenvalue weighted by atomic mass is 16.8. The SMILES string of the molecule is CC1(C)OC2C(O)C3OC(C)(C)OC3C(O)C2O1. The maximum Gasteiger partial charge on any atom is 0.164 e. The van der Waals surface area contributed by atoms with Gasteiger partial charge in [0.2, 0.25) is 0 Å². The first-order valence-electron chi connectivity index (χ1n) is 6.28. The third-order valence-electron chi connectivity index (χ3n) is 3.67. The van der Waals surface area contributed by atoms with E-state index in [1.165, 1.54) is 0 Å². The third kappa shape index (κ3) is 1.79. The van der Waals surface area contributed by atoms with Crippen LogP contribution in [-0.2, 0) is 18.9 Å². The summed E-state index contributed by atoms with van der Waals surface area (Å²) in [6, 6.07) is 0. The summed E-state index contributed by atoms with van der Waals surface area (Å²) in [4.78, 5) is 0. The molecule has 2 aliphatic heterocycles. The number of fused-ring (bicyclic) bond motifs is 2. The van der Waals surface area contributed by atoms with Crippen LogP contribution in [0.3, 0.4) is 0 Å². The summed E-state index contributed by atoms with van der Waals surface area (Å²) < 4.78 is 22.6. The maximum absolute atomic E-state index is 10.3. The van der Waals surface area contributed by atoms with Crippen LogP contribution in [0.4, 0.5) is 0 Å². The summed E-state index contributed by atoms with van der Waals surface area (Å²) in [5, 5.41) is 20.6. The van der Waals surface area contributed by atoms with E-state index in [1.807, 2.05) is 0 Å². The second kappa shape index (κ2) is 3.65. The Hall–Kier alpha value is -0.240. The predicted molar refractivity (Wildman–Crippen MR) is 59.7 cm³/mol. The highest BCUT2D eigenvalue weighted by Crippen LogP contribution is 2.43. The van der Waals surface area contributed by atoms with Crippen LogP contribution in [0.25, 0.3) is 0 Å². The fourth-order valence-electron chi connectivity index (χ4n) is 3.06. The van der Waals surface area contributed by atoms with Gasteiger partial charge < -0.3 is 29.2 Å². The standard InChI is InChI=1S/C12H20O6/c1-11(2)15-7-5(13)9-10(6(14)8(7)16-11)18-12(3,4)17-9/h5-10,13-14H,1-4H3. The molecule has 104 valence electrons. The number of aliphatic hydroxyl groups is 2. The van der Waals surface area contributed by atoms with Crippen molar-refractivity contribution in [3.63, 3.8) is 0 Å². The van der Waals surface area contributed by atoms with Crippen molar-refractivity contribution in [1.82, 2.24) is 0 Å². The normalized spacial score (nSPS) is 53.0. The molecule has 18 heavy (non-hydrogen) atoms. The largest absolute Gasteiger partial charge is 0.387 e. The van der Waals surface area contributed by atoms with Crippen LogP contribution in [0.2, 0.25) is 0 Å². The van der Waals surface area contributed by atoms with Crippen molar-refractivity contribution in [3.8, 4) is 0 Å². The van der Waals surface area contributed by atoms with Crippen LogP contribution in [0.1, 0.15) is 27.7 Å². The van der Waals surface area contributed by atoms with Gasteiger partial charge in [0, 0.05) is 0 Å². The Morgan fingerprint density at radius 2 is 0.833 bits per heavy atom. The third-order valence-corrected chi connectivity index (χ3v) is 3.67. The van der Waals surface area contributed by atoms with Crippen LogP contribution in [0.15, 0.2) is 0 Å². The molecule has 3 aliphatic rings. The molecule has 6 nitrogen and oxygen atoms in total. The van der Waals surface area contributed by atoms with Crippen molar-refractivity contribution < 1.29 is 29.2 Å². The van der Waals surface area contributed by atoms with Crippen molar-refractivity contribution in [3.05, 3.63) is 0 Å². The van der Waals surface area contributed by atoms with E-state index in [0.717, 1.165) is 0 Å². The van der Waals surface area contributed by atoms with Gasteiger partial charge in [0.25, 0.3) is 0 Å². The summed E-state index contributed by atoms with van der Waals surface area (Å²) in [7, 11) is 0. The zero-order valence-corrected chi connectivity index (χ0v) is 11.0. The van der Waals surface area contributed by atoms with Gasteiger partial charge >= 0.3 is 0 Å². The van der Waals surface area contributed by atoms with E-state index in [2.05, 4.69) is 0 Å². The Labute approximate surface area is 106 Å². The van der Waals surface area contributed by atoms with Crippen LogP contribution < -0.4 is 0 Å². The maximum atomic E-state index is 10.3. The fourth-order valence-corrected chi connectivity index (χ4v) is 3.06. The van der Waals surface area contributed by atoms with Gasteiger partial charge in [-0.3, -0.25) is 0 Å². The van der Waals surface area contributed by atoms with E-state index in [1.54, 1.807) is 27.7 Å². The monoisotopic (exact) mass is 260 g/mol. The van der Waals surface area contributed by atoms with E-state index in [4.69, 9.17) is 18.9 Å². The zero-order valence-electron chi connectivity index (χ0n) is 11.0. The van der Waals surface area contributed by atoms with Gasteiger partial charge in [-0.1, -0.05) is 0 Å². The van der Waals surface area contributed by atoms with E-state index >= 15 is 0 Å². The molecule has 6 heteroatoms. The van der Waals surface area contributed by atoms with Crippen LogP contribution in [-0.4, -0.2) is 58.4 Å². The average molecular weight is 260 g/mol. The van der Waals surface area contributed by atoms with Gasteiger partial charge in [-0.05, 0) is 27.7 Å². The molecule has 0 radical (unpaired) electrons. The Balaban J connectivity index is 1.88. The van der Waals surface area contributed by atoms with Crippen molar-refractivity contribution in [2.24, 2.45) is 0 Å². The van der Waals surface area contributed by atoms with Crippen LogP contribution in [0, 0.1) is 0 Å². The molecule has 1 aliphatic carbocycles. The number of aliphatic hydroxyl groups excluding tert-OH is 2. The molecule has 4 unspecified atom stereocenters. The molecule has 0 aromatic rings. The lowest BCUT2D eigenvalue weighted by molar-refractivity contribution is -0.183. The van der Waals surface area contributed by atoms with E-state index in [0.29, 0.717) is 0 Å². The summed E-state index contributed by atoms with van der Waals surface area (Å²) in [6.07, 6.45) is -4.09. The Morgan fingerprint density at radius 3 is 1.06 bits per heavy atom. The lowest BCUT2D eigenvalue weighted by atomic mass is 9.85. The minimum atomic E-state index is -0.869. The van der Waals surface area contributed by atoms with Crippen LogP contribution in [0.5, 0.6) is 0 Å². The molecule has 2 saturated heterocycles. The first-order valence-corrected chi connectivity index (χ1v) is 6.28. The lowest BCUT2D eigenvalue weighted by Gasteiger charge is -2.38. The van der Waals surface area contributed by atoms with E-state index in [-0.39, 0.29) is 0 Å². The quantitative estimate of drug-likeness (QED) is 0.626. The summed E-state index contributed by atoms with van der Waals surface area (Å²) >= 11 is 0. The van der Waals surface area contributed by atoms with Crippen molar-refractivity contribution in [1.29, 1.82) is 0 Å². The Kier molecular flexibility index (Phi) is 2.59. The number of rotatable bonds is 0. The molecule has 2 N–H and O–H groups in total. The minimum absolute atomic E-state index is 0.589. The van der Waals surface area contributed by atoms with E-state index < -0.39 is 48.2 Å². The highest BCUT2D eigenvalue weighted by Gasteiger charge is 2.62. The highest BCUT2D eigenvalue weighted by molar-refractivity contribution is 5.07. The molecule has 3 rings (SSSR count). The molecule has 0 amide bonds. The van der Waals surface area contributed by atoms with Gasteiger partial charge in [-0.25, -0.2) is 0 Å². The lowest BCUT2D eigenvalue weighted by Crippen LogP contribution is -2.61. The number of hydrogen-bond donors (Lipinski definition) is 2. The summed E-state index contributed by atoms with van der Waals surface area (Å²) in [6.45, 7) is 7.02. The average Bonchev–Trinajstić information content (AvgIpc) is 2.72. The fraction of sp³-hybridized carbons (Fsp3) is 1.00. The Morgan fingerprint density at radius 1 is 0.611 bits per heavy atom. The molecular formula is C12H20O6. The van der Waals surface area contributed by atoms with Gasteiger partial charge in [0.05, 0.1) is 0 Å². The number of hydrogen-bond acceptors (Lipinski definition) is 6. The van der Waals surface area contributed by atoms with E-state index in [9.17, 15) is 10.2 Å². The van der Waals surface area contributed by atoms with Gasteiger partial charge in [0.15, 0.2) is 11.6 Å². The summed E-state index contributed by atoms with van der Waals surface area (Å²) in [5.41, 5.74) is 0. The van der Waals surface area contributed by atoms with Gasteiger partial charge in [-0.2, -0.15) is 0 Å². The first kappa shape index (κ1) is 12.8. The second-order valence-electron chi connectivity index (χ2n) is 6.11.